The highest BCUT2D eigenvalue weighted by Gasteiger charge is 2.34. The fraction of sp³-hybridized carbons (Fsp3) is 0.667. The second-order valence-electron chi connectivity index (χ2n) is 12.0. The smallest absolute Gasteiger partial charge is 0.0594 e. The first kappa shape index (κ1) is 35.0. The molecule has 0 amide bonds. The van der Waals surface area contributed by atoms with Gasteiger partial charge in [-0.2, -0.15) is 12.6 Å². The average molecular weight is 539 g/mol. The van der Waals surface area contributed by atoms with Crippen molar-refractivity contribution in [3.8, 4) is 0 Å². The lowest BCUT2D eigenvalue weighted by Crippen LogP contribution is -2.58. The molecule has 0 unspecified atom stereocenters. The van der Waals surface area contributed by atoms with Crippen molar-refractivity contribution < 1.29 is 0 Å². The Morgan fingerprint density at radius 3 is 0.974 bits per heavy atom. The average Bonchev–Trinajstić information content (AvgIpc) is 2.98. The summed E-state index contributed by atoms with van der Waals surface area (Å²) in [4.78, 5) is 0. The third-order valence-corrected chi connectivity index (χ3v) is 14.0. The van der Waals surface area contributed by atoms with Crippen LogP contribution >= 0.6 is 7.26 Å². The van der Waals surface area contributed by atoms with Crippen LogP contribution in [0.3, 0.4) is 0 Å². The number of benzene rings is 2. The number of hydrogen-bond acceptors (Lipinski definition) is 0. The summed E-state index contributed by atoms with van der Waals surface area (Å²) in [6, 6.07) is 22.5. The fourth-order valence-electron chi connectivity index (χ4n) is 6.40. The molecule has 0 nitrogen and oxygen atoms in total. The Morgan fingerprint density at radius 2 is 0.711 bits per heavy atom. The van der Waals surface area contributed by atoms with Crippen molar-refractivity contribution in [2.45, 2.75) is 131 Å². The highest BCUT2D eigenvalue weighted by atomic mass is 31.2. The molecule has 0 heterocycles. The van der Waals surface area contributed by atoms with Gasteiger partial charge in [-0.15, -0.1) is 0 Å². The molecule has 0 atom stereocenters. The van der Waals surface area contributed by atoms with Crippen LogP contribution in [0.15, 0.2) is 60.7 Å². The van der Waals surface area contributed by atoms with Crippen LogP contribution in [0.2, 0.25) is 12.6 Å². The number of rotatable bonds is 20. The maximum absolute atomic E-state index is 2.36. The molecule has 0 fully saturated rings. The van der Waals surface area contributed by atoms with E-state index in [1.54, 1.807) is 35.6 Å². The lowest BCUT2D eigenvalue weighted by Gasteiger charge is -2.42. The van der Waals surface area contributed by atoms with E-state index in [0.717, 1.165) is 0 Å². The third-order valence-electron chi connectivity index (χ3n) is 8.92. The Kier molecular flexibility index (Phi) is 20.0. The summed E-state index contributed by atoms with van der Waals surface area (Å²) in [6.45, 7) is 14.0. The van der Waals surface area contributed by atoms with E-state index in [9.17, 15) is 0 Å². The second-order valence-corrected chi connectivity index (χ2v) is 16.5. The fourth-order valence-corrected chi connectivity index (χ4v) is 11.7. The summed E-state index contributed by atoms with van der Waals surface area (Å²) in [6.07, 6.45) is 25.1. The molecule has 0 saturated carbocycles. The molecule has 38 heavy (non-hydrogen) atoms. The Bertz CT molecular complexity index is 685. The van der Waals surface area contributed by atoms with Crippen LogP contribution in [0.5, 0.6) is 0 Å². The van der Waals surface area contributed by atoms with Gasteiger partial charge in [-0.05, 0) is 25.7 Å². The van der Waals surface area contributed by atoms with Crippen LogP contribution in [0.4, 0.5) is 0 Å². The van der Waals surface area contributed by atoms with Gasteiger partial charge in [-0.1, -0.05) is 154 Å². The lowest BCUT2D eigenvalue weighted by atomic mass is 9.15. The summed E-state index contributed by atoms with van der Waals surface area (Å²) in [5.74, 6) is 0. The molecule has 0 bridgehead atoms. The molecule has 0 aliphatic rings. The van der Waals surface area contributed by atoms with E-state index in [1.165, 1.54) is 89.7 Å². The second kappa shape index (κ2) is 21.7. The molecule has 0 aliphatic heterocycles. The summed E-state index contributed by atoms with van der Waals surface area (Å²) < 4.78 is 0. The Balaban J connectivity index is 0.000000391. The molecule has 2 aromatic rings. The van der Waals surface area contributed by atoms with Crippen LogP contribution in [0, 0.1) is 0 Å². The van der Waals surface area contributed by atoms with Gasteiger partial charge in [-0.3, -0.25) is 0 Å². The highest BCUT2D eigenvalue weighted by Crippen LogP contribution is 2.61. The van der Waals surface area contributed by atoms with Crippen LogP contribution in [0.25, 0.3) is 0 Å². The zero-order chi connectivity index (χ0) is 28.0. The predicted octanol–water partition coefficient (Wildman–Crippen LogP) is 11.1. The first-order chi connectivity index (χ1) is 18.6. The Hall–Kier alpha value is -1.07. The highest BCUT2D eigenvalue weighted by molar-refractivity contribution is 7.75. The summed E-state index contributed by atoms with van der Waals surface area (Å²) in [7, 11) is -0.562. The summed E-state index contributed by atoms with van der Waals surface area (Å²) in [5.41, 5.74) is 3.09. The van der Waals surface area contributed by atoms with Crippen molar-refractivity contribution in [3.63, 3.8) is 0 Å². The van der Waals surface area contributed by atoms with Gasteiger partial charge < -0.3 is 0 Å². The van der Waals surface area contributed by atoms with Crippen molar-refractivity contribution in [2.24, 2.45) is 0 Å². The molecule has 216 valence electrons. The van der Waals surface area contributed by atoms with E-state index >= 15 is 0 Å². The molecule has 2 heteroatoms. The summed E-state index contributed by atoms with van der Waals surface area (Å²) in [5, 5.41) is 0. The van der Waals surface area contributed by atoms with E-state index in [1.807, 2.05) is 0 Å². The largest absolute Gasteiger partial charge is 0.205 e. The normalized spacial score (nSPS) is 11.7. The van der Waals surface area contributed by atoms with Crippen LogP contribution in [0.1, 0.15) is 119 Å². The maximum atomic E-state index is 2.36. The van der Waals surface area contributed by atoms with Crippen LogP contribution in [-0.4, -0.2) is 30.8 Å². The quantitative estimate of drug-likeness (QED) is 0.116. The van der Waals surface area contributed by atoms with Crippen LogP contribution < -0.4 is 10.9 Å². The monoisotopic (exact) mass is 538 g/mol. The zero-order valence-electron chi connectivity index (χ0n) is 26.5. The standard InChI is InChI=1S/C20H28B.C16H36P/c1-3-5-17-21(18-6-4-2,19-13-9-7-10-14-19)20-15-11-8-12-16-20;1-5-9-13-17(14-10-6-2,15-11-7-3)16-12-8-4/h7-16H,3-6,17-18H2,1-2H3;5-16H2,1-4H3/q-1;+1. The molecule has 2 rings (SSSR count). The molecule has 2 aromatic carbocycles. The topological polar surface area (TPSA) is 0 Å². The van der Waals surface area contributed by atoms with Gasteiger partial charge in [0.25, 0.3) is 0 Å². The third kappa shape index (κ3) is 12.4. The SMILES string of the molecule is CCCC[B-](CCCC)(c1ccccc1)c1ccccc1.CCCC[P+](CCCC)(CCCC)CCCC. The molecular formula is C36H64BP. The minimum Gasteiger partial charge on any atom is -0.205 e. The predicted molar refractivity (Wildman–Crippen MR) is 183 cm³/mol. The Labute approximate surface area is 240 Å². The first-order valence-electron chi connectivity index (χ1n) is 16.7. The van der Waals surface area contributed by atoms with Crippen molar-refractivity contribution in [1.82, 2.24) is 0 Å². The first-order valence-corrected chi connectivity index (χ1v) is 19.3. The number of hydrogen-bond donors (Lipinski definition) is 0. The van der Waals surface area contributed by atoms with Gasteiger partial charge in [-0.25, -0.2) is 10.9 Å². The van der Waals surface area contributed by atoms with Gasteiger partial charge in [0.15, 0.2) is 0 Å². The van der Waals surface area contributed by atoms with Crippen molar-refractivity contribution in [1.29, 1.82) is 0 Å². The molecular weight excluding hydrogens is 474 g/mol. The summed E-state index contributed by atoms with van der Waals surface area (Å²) >= 11 is 0. The molecule has 0 radical (unpaired) electrons. The minimum atomic E-state index is -0.611. The van der Waals surface area contributed by atoms with Gasteiger partial charge in [0.2, 0.25) is 0 Å². The van der Waals surface area contributed by atoms with Gasteiger partial charge in [0.1, 0.15) is 0 Å². The van der Waals surface area contributed by atoms with E-state index in [0.29, 0.717) is 0 Å². The lowest BCUT2D eigenvalue weighted by molar-refractivity contribution is 0.814. The van der Waals surface area contributed by atoms with Crippen molar-refractivity contribution >= 4 is 24.3 Å². The van der Waals surface area contributed by atoms with Gasteiger partial charge >= 0.3 is 0 Å². The van der Waals surface area contributed by atoms with E-state index in [4.69, 9.17) is 0 Å². The molecule has 0 aliphatic carbocycles. The Morgan fingerprint density at radius 1 is 0.421 bits per heavy atom. The van der Waals surface area contributed by atoms with Crippen molar-refractivity contribution in [3.05, 3.63) is 60.7 Å². The van der Waals surface area contributed by atoms with Gasteiger partial charge in [0.05, 0.1) is 30.8 Å². The minimum absolute atomic E-state index is 0.562. The van der Waals surface area contributed by atoms with Crippen molar-refractivity contribution in [2.75, 3.05) is 24.6 Å². The van der Waals surface area contributed by atoms with E-state index < -0.39 is 13.4 Å². The van der Waals surface area contributed by atoms with E-state index in [-0.39, 0.29) is 0 Å². The molecule has 0 aromatic heterocycles. The van der Waals surface area contributed by atoms with Gasteiger partial charge in [0, 0.05) is 7.26 Å². The van der Waals surface area contributed by atoms with E-state index in [2.05, 4.69) is 102 Å². The maximum Gasteiger partial charge on any atom is 0.0594 e. The molecule has 0 saturated heterocycles. The number of unbranched alkanes of at least 4 members (excludes halogenated alkanes) is 6. The molecule has 0 N–H and O–H groups in total. The van der Waals surface area contributed by atoms with Crippen LogP contribution in [-0.2, 0) is 0 Å². The zero-order valence-corrected chi connectivity index (χ0v) is 27.4. The molecule has 0 spiro atoms.